The lowest BCUT2D eigenvalue weighted by Gasteiger charge is -2.28. The number of alkyl halides is 2. The first-order valence-electron chi connectivity index (χ1n) is 15.1. The summed E-state index contributed by atoms with van der Waals surface area (Å²) in [5.41, 5.74) is 2.98. The number of aliphatic hydroxyl groups is 1. The molecule has 4 N–H and O–H groups in total. The van der Waals surface area contributed by atoms with E-state index >= 15 is 8.78 Å². The van der Waals surface area contributed by atoms with E-state index in [4.69, 9.17) is 24.3 Å². The van der Waals surface area contributed by atoms with E-state index in [0.717, 1.165) is 23.2 Å². The predicted molar refractivity (Wildman–Crippen MR) is 175 cm³/mol. The fourth-order valence-electron chi connectivity index (χ4n) is 5.14. The van der Waals surface area contributed by atoms with Gasteiger partial charge < -0.3 is 29.7 Å². The number of ether oxygens (including phenoxy) is 2. The first kappa shape index (κ1) is 35.4. The number of halogens is 2. The molecule has 0 radical (unpaired) electrons. The first-order chi connectivity index (χ1) is 22.3. The Morgan fingerprint density at radius 1 is 1.21 bits per heavy atom. The van der Waals surface area contributed by atoms with Crippen LogP contribution in [0.15, 0.2) is 48.8 Å². The molecule has 0 aliphatic carbocycles. The zero-order valence-electron chi connectivity index (χ0n) is 27.7. The van der Waals surface area contributed by atoms with Gasteiger partial charge in [-0.15, -0.1) is 0 Å². The van der Waals surface area contributed by atoms with Crippen LogP contribution >= 0.6 is 7.75 Å². The monoisotopic (exact) mass is 691 g/mol. The van der Waals surface area contributed by atoms with E-state index in [2.05, 4.69) is 20.0 Å². The Hall–Kier alpha value is -3.95. The zero-order chi connectivity index (χ0) is 35.2. The Balaban J connectivity index is 1.45. The molecule has 260 valence electrons. The maximum Gasteiger partial charge on any atom is 0.459 e. The normalized spacial score (nSPS) is 24.8. The van der Waals surface area contributed by atoms with Gasteiger partial charge in [-0.05, 0) is 30.7 Å². The number of esters is 1. The summed E-state index contributed by atoms with van der Waals surface area (Å²) in [4.78, 5) is 27.0. The Morgan fingerprint density at radius 2 is 1.90 bits per heavy atom. The molecule has 1 saturated heterocycles. The van der Waals surface area contributed by atoms with Gasteiger partial charge in [0.2, 0.25) is 5.95 Å². The van der Waals surface area contributed by atoms with Crippen LogP contribution in [-0.2, 0) is 23.4 Å². The second-order valence-corrected chi connectivity index (χ2v) is 15.0. The molecule has 48 heavy (non-hydrogen) atoms. The summed E-state index contributed by atoms with van der Waals surface area (Å²) in [6, 6.07) is 10.8. The van der Waals surface area contributed by atoms with Crippen molar-refractivity contribution in [2.75, 3.05) is 37.9 Å². The fraction of sp³-hybridized carbons (Fsp3) is 0.484. The third-order valence-electron chi connectivity index (χ3n) is 7.58. The second-order valence-electron chi connectivity index (χ2n) is 13.3. The zero-order valence-corrected chi connectivity index (χ0v) is 28.6. The number of nitrogens with two attached hydrogens (primary N) is 1. The Bertz CT molecular complexity index is 1860. The van der Waals surface area contributed by atoms with Crippen molar-refractivity contribution < 1.29 is 41.8 Å². The number of nitrogens with zero attached hydrogens (tertiary/aromatic N) is 5. The molecule has 6 atom stereocenters. The van der Waals surface area contributed by atoms with Gasteiger partial charge in [-0.2, -0.15) is 15.1 Å². The number of nitrogens with one attached hydrogen (secondary N) is 1. The third-order valence-corrected chi connectivity index (χ3v) is 9.19. The van der Waals surface area contributed by atoms with E-state index < -0.39 is 50.2 Å². The van der Waals surface area contributed by atoms with Crippen molar-refractivity contribution in [3.63, 3.8) is 0 Å². The van der Waals surface area contributed by atoms with Gasteiger partial charge in [0.15, 0.2) is 35.0 Å². The lowest BCUT2D eigenvalue weighted by atomic mass is 9.97. The number of aliphatic hydroxyl groups excluding tert-OH is 1. The summed E-state index contributed by atoms with van der Waals surface area (Å²) in [7, 11) is -1.31. The highest BCUT2D eigenvalue weighted by molar-refractivity contribution is 7.52. The van der Waals surface area contributed by atoms with Crippen molar-refractivity contribution >= 4 is 47.4 Å². The summed E-state index contributed by atoms with van der Waals surface area (Å²) in [5, 5.41) is 14.8. The van der Waals surface area contributed by atoms with E-state index in [0.29, 0.717) is 11.2 Å². The largest absolute Gasteiger partial charge is 0.464 e. The number of fused-ring (bicyclic) bond motifs is 2. The van der Waals surface area contributed by atoms with Crippen LogP contribution in [0.1, 0.15) is 40.8 Å². The second kappa shape index (κ2) is 12.8. The smallest absolute Gasteiger partial charge is 0.459 e. The number of hydrogen-bond acceptors (Lipinski definition) is 12. The van der Waals surface area contributed by atoms with Crippen molar-refractivity contribution in [1.82, 2.24) is 24.6 Å². The van der Waals surface area contributed by atoms with Crippen molar-refractivity contribution in [1.29, 1.82) is 0 Å². The van der Waals surface area contributed by atoms with Crippen LogP contribution in [-0.4, -0.2) is 81.6 Å². The number of hydrogen-bond donors (Lipinski definition) is 3. The molecule has 0 spiro atoms. The van der Waals surface area contributed by atoms with Gasteiger partial charge >= 0.3 is 13.7 Å². The topological polar surface area (TPSA) is 176 Å². The van der Waals surface area contributed by atoms with Crippen molar-refractivity contribution in [2.45, 2.75) is 64.5 Å². The molecular weight excluding hydrogens is 651 g/mol. The maximum absolute atomic E-state index is 16.6. The molecule has 2 aromatic heterocycles. The molecule has 14 nitrogen and oxygen atoms in total. The van der Waals surface area contributed by atoms with Crippen LogP contribution in [0.3, 0.4) is 0 Å². The van der Waals surface area contributed by atoms with Crippen LogP contribution in [0, 0.1) is 5.41 Å². The SMILES string of the molecule is C[C@H](NP(=O)(OC[C@@]1(F)O[C@@H](n2cnc3c(N(C)C)nc(N)nc32)[C@](C)(F)[C@@H]1O)Oc1cccc2ccccc12)C(=O)OCC(C)(C)C. The van der Waals surface area contributed by atoms with Gasteiger partial charge in [0.05, 0.1) is 12.9 Å². The number of imidazole rings is 1. The predicted octanol–water partition coefficient (Wildman–Crippen LogP) is 4.68. The highest BCUT2D eigenvalue weighted by atomic mass is 31.2. The van der Waals surface area contributed by atoms with Crippen LogP contribution in [0.25, 0.3) is 21.9 Å². The minimum absolute atomic E-state index is 0.0201. The van der Waals surface area contributed by atoms with Gasteiger partial charge in [0.25, 0.3) is 5.85 Å². The molecule has 0 saturated carbocycles. The number of rotatable bonds is 11. The Morgan fingerprint density at radius 3 is 2.58 bits per heavy atom. The molecule has 0 amide bonds. The van der Waals surface area contributed by atoms with Crippen molar-refractivity contribution in [3.8, 4) is 5.75 Å². The maximum atomic E-state index is 16.6. The summed E-state index contributed by atoms with van der Waals surface area (Å²) >= 11 is 0. The van der Waals surface area contributed by atoms with Crippen molar-refractivity contribution in [3.05, 3.63) is 48.8 Å². The van der Waals surface area contributed by atoms with Gasteiger partial charge in [-0.25, -0.2) is 18.3 Å². The quantitative estimate of drug-likeness (QED) is 0.146. The van der Waals surface area contributed by atoms with Crippen molar-refractivity contribution in [2.24, 2.45) is 5.41 Å². The molecule has 5 rings (SSSR count). The molecule has 17 heteroatoms. The Kier molecular flexibility index (Phi) is 9.45. The van der Waals surface area contributed by atoms with Gasteiger partial charge in [0, 0.05) is 19.5 Å². The lowest BCUT2D eigenvalue weighted by molar-refractivity contribution is -0.202. The number of carbonyl (C=O) groups excluding carboxylic acids is 1. The number of anilines is 2. The number of nitrogen functional groups attached to an aromatic ring is 1. The van der Waals surface area contributed by atoms with Gasteiger partial charge in [0.1, 0.15) is 18.4 Å². The van der Waals surface area contributed by atoms with E-state index in [1.54, 1.807) is 55.4 Å². The van der Waals surface area contributed by atoms with E-state index in [1.165, 1.54) is 13.0 Å². The lowest BCUT2D eigenvalue weighted by Crippen LogP contribution is -2.47. The molecule has 1 aliphatic heterocycles. The van der Waals surface area contributed by atoms with E-state index in [9.17, 15) is 14.5 Å². The molecule has 4 aromatic rings. The highest BCUT2D eigenvalue weighted by Crippen LogP contribution is 2.52. The van der Waals surface area contributed by atoms with Crippen LogP contribution in [0.4, 0.5) is 20.5 Å². The van der Waals surface area contributed by atoms with Crippen LogP contribution < -0.4 is 20.2 Å². The number of carbonyl (C=O) groups is 1. The molecular formula is C31H40F2N7O7P. The van der Waals surface area contributed by atoms with E-state index in [-0.39, 0.29) is 34.9 Å². The molecule has 1 unspecified atom stereocenters. The fourth-order valence-corrected chi connectivity index (χ4v) is 6.66. The average Bonchev–Trinajstić information content (AvgIpc) is 3.50. The summed E-state index contributed by atoms with van der Waals surface area (Å²) in [6.07, 6.45) is -3.12. The molecule has 1 fully saturated rings. The van der Waals surface area contributed by atoms with Gasteiger partial charge in [-0.1, -0.05) is 57.2 Å². The highest BCUT2D eigenvalue weighted by Gasteiger charge is 2.65. The average molecular weight is 692 g/mol. The minimum Gasteiger partial charge on any atom is -0.464 e. The van der Waals surface area contributed by atoms with Crippen LogP contribution in [0.5, 0.6) is 5.75 Å². The number of benzene rings is 2. The Labute approximate surface area is 276 Å². The summed E-state index contributed by atoms with van der Waals surface area (Å²) in [5.74, 6) is -3.80. The minimum atomic E-state index is -4.69. The van der Waals surface area contributed by atoms with Crippen LogP contribution in [0.2, 0.25) is 0 Å². The van der Waals surface area contributed by atoms with Gasteiger partial charge in [-0.3, -0.25) is 13.9 Å². The van der Waals surface area contributed by atoms with E-state index in [1.807, 2.05) is 20.8 Å². The third kappa shape index (κ3) is 7.08. The standard InChI is InChI=1S/C31H40F2N7O7P/c1-18(25(41)44-15-29(2,3)4)38-48(43,47-21-14-10-12-19-11-8-9-13-20(19)21)45-16-31(33)26(42)30(5,32)27(46-31)40-17-35-22-23(39(6)7)36-28(34)37-24(22)40/h8-14,17-18,26-27,42H,15-16H2,1-7H3,(H,38,43)(H2,34,36,37)/t18-,26-,27+,30+,31+,48?/m0/s1. The molecule has 0 bridgehead atoms. The molecule has 1 aliphatic rings. The number of aromatic nitrogens is 4. The summed E-state index contributed by atoms with van der Waals surface area (Å²) < 4.78 is 70.5. The summed E-state index contributed by atoms with van der Waals surface area (Å²) in [6.45, 7) is 6.68. The molecule has 2 aromatic carbocycles. The first-order valence-corrected chi connectivity index (χ1v) is 16.7. The molecule has 3 heterocycles.